The number of nitrogens with zero attached hydrogens (tertiary/aromatic N) is 2. The van der Waals surface area contributed by atoms with Crippen LogP contribution in [0.15, 0.2) is 45.7 Å². The summed E-state index contributed by atoms with van der Waals surface area (Å²) in [6, 6.07) is 8.49. The van der Waals surface area contributed by atoms with Crippen molar-refractivity contribution in [3.63, 3.8) is 0 Å². The first kappa shape index (κ1) is 16.4. The van der Waals surface area contributed by atoms with Crippen LogP contribution in [0.1, 0.15) is 5.56 Å². The number of aromatic hydroxyl groups is 1. The van der Waals surface area contributed by atoms with Crippen LogP contribution in [0.4, 0.5) is 0 Å². The van der Waals surface area contributed by atoms with Gasteiger partial charge in [-0.25, -0.2) is 4.98 Å². The number of phenols is 1. The average Bonchev–Trinajstić information content (AvgIpc) is 3.24. The smallest absolute Gasteiger partial charge is 0.185 e. The van der Waals surface area contributed by atoms with Gasteiger partial charge >= 0.3 is 0 Å². The molecular formula is C21H17N3O4. The number of methoxy groups -OCH3 is 1. The second-order valence-corrected chi connectivity index (χ2v) is 6.79. The van der Waals surface area contributed by atoms with Crippen molar-refractivity contribution in [2.75, 3.05) is 7.11 Å². The van der Waals surface area contributed by atoms with E-state index in [0.717, 1.165) is 27.5 Å². The van der Waals surface area contributed by atoms with Crippen LogP contribution < -0.4 is 10.2 Å². The van der Waals surface area contributed by atoms with E-state index in [1.165, 1.54) is 13.2 Å². The third-order valence-electron chi connectivity index (χ3n) is 5.17. The molecule has 3 heterocycles. The summed E-state index contributed by atoms with van der Waals surface area (Å²) >= 11 is 0. The summed E-state index contributed by atoms with van der Waals surface area (Å²) in [7, 11) is 3.38. The van der Waals surface area contributed by atoms with Crippen LogP contribution >= 0.6 is 0 Å². The molecule has 0 saturated carbocycles. The van der Waals surface area contributed by atoms with Gasteiger partial charge in [0.25, 0.3) is 0 Å². The van der Waals surface area contributed by atoms with E-state index in [1.54, 1.807) is 25.1 Å². The minimum Gasteiger partial charge on any atom is -0.504 e. The van der Waals surface area contributed by atoms with Gasteiger partial charge in [-0.1, -0.05) is 6.07 Å². The quantitative estimate of drug-likeness (QED) is 0.489. The number of aromatic amines is 1. The predicted octanol–water partition coefficient (Wildman–Crippen LogP) is 3.85. The van der Waals surface area contributed by atoms with Gasteiger partial charge in [0.05, 0.1) is 7.11 Å². The fourth-order valence-electron chi connectivity index (χ4n) is 3.69. The van der Waals surface area contributed by atoms with Gasteiger partial charge in [0.1, 0.15) is 11.1 Å². The molecule has 0 bridgehead atoms. The number of hydrogen-bond donors (Lipinski definition) is 2. The highest BCUT2D eigenvalue weighted by atomic mass is 16.5. The molecule has 5 rings (SSSR count). The molecule has 3 aromatic heterocycles. The summed E-state index contributed by atoms with van der Waals surface area (Å²) in [5.74, 6) is 0.425. The second kappa shape index (κ2) is 5.63. The van der Waals surface area contributed by atoms with Gasteiger partial charge in [-0.05, 0) is 36.8 Å². The summed E-state index contributed by atoms with van der Waals surface area (Å²) in [5.41, 5.74) is 4.54. The number of benzene rings is 2. The Hall–Kier alpha value is -3.74. The van der Waals surface area contributed by atoms with E-state index < -0.39 is 0 Å². The summed E-state index contributed by atoms with van der Waals surface area (Å²) < 4.78 is 13.1. The molecule has 0 fully saturated rings. The number of fused-ring (bicyclic) bond motifs is 4. The molecule has 0 saturated heterocycles. The molecule has 2 N–H and O–H groups in total. The Labute approximate surface area is 158 Å². The maximum absolute atomic E-state index is 12.1. The Kier molecular flexibility index (Phi) is 3.30. The Balaban J connectivity index is 1.99. The van der Waals surface area contributed by atoms with E-state index in [1.807, 2.05) is 24.0 Å². The number of furan rings is 1. The van der Waals surface area contributed by atoms with Gasteiger partial charge < -0.3 is 19.4 Å². The SMILES string of the molecule is COc1ccc(-c2c3c[nH]n(C)c3nc3c2oc2c(C)c(=O)ccc23)cc1O. The zero-order valence-corrected chi connectivity index (χ0v) is 15.5. The van der Waals surface area contributed by atoms with Crippen molar-refractivity contribution in [3.05, 3.63) is 52.3 Å². The third-order valence-corrected chi connectivity index (χ3v) is 5.17. The van der Waals surface area contributed by atoms with Crippen molar-refractivity contribution in [1.29, 1.82) is 0 Å². The standard InChI is InChI=1S/C21H17N3O4/c1-10-14(25)6-5-12-18-20(28-19(10)12)17(13-9-22-24(2)21(13)23-18)11-4-7-16(27-3)15(26)8-11/h4-9,22,26H,1-3H3. The van der Waals surface area contributed by atoms with E-state index >= 15 is 0 Å². The number of rotatable bonds is 2. The first-order valence-electron chi connectivity index (χ1n) is 8.77. The lowest BCUT2D eigenvalue weighted by molar-refractivity contribution is 0.373. The van der Waals surface area contributed by atoms with Gasteiger partial charge in [-0.2, -0.15) is 0 Å². The van der Waals surface area contributed by atoms with Gasteiger partial charge in [0, 0.05) is 35.1 Å². The fraction of sp³-hybridized carbons (Fsp3) is 0.143. The zero-order chi connectivity index (χ0) is 19.6. The van der Waals surface area contributed by atoms with E-state index in [4.69, 9.17) is 14.1 Å². The number of aryl methyl sites for hydroxylation is 2. The van der Waals surface area contributed by atoms with Gasteiger partial charge in [0.15, 0.2) is 28.2 Å². The van der Waals surface area contributed by atoms with Crippen LogP contribution in [0.2, 0.25) is 0 Å². The van der Waals surface area contributed by atoms with Gasteiger partial charge in [0.2, 0.25) is 0 Å². The summed E-state index contributed by atoms with van der Waals surface area (Å²) in [6.07, 6.45) is 1.84. The molecule has 0 spiro atoms. The molecular weight excluding hydrogens is 358 g/mol. The molecule has 0 aliphatic carbocycles. The number of phenolic OH excluding ortho intramolecular Hbond substituents is 1. The van der Waals surface area contributed by atoms with E-state index in [9.17, 15) is 9.90 Å². The number of H-pyrrole nitrogens is 1. The third kappa shape index (κ3) is 2.10. The Morgan fingerprint density at radius 1 is 1.18 bits per heavy atom. The molecule has 28 heavy (non-hydrogen) atoms. The Bertz CT molecular complexity index is 1460. The predicted molar refractivity (Wildman–Crippen MR) is 107 cm³/mol. The van der Waals surface area contributed by atoms with Crippen LogP contribution in [0.25, 0.3) is 44.2 Å². The molecule has 0 atom stereocenters. The highest BCUT2D eigenvalue weighted by Crippen LogP contribution is 2.41. The largest absolute Gasteiger partial charge is 0.504 e. The lowest BCUT2D eigenvalue weighted by atomic mass is 10.0. The van der Waals surface area contributed by atoms with Crippen LogP contribution in [0.5, 0.6) is 11.5 Å². The molecule has 7 nitrogen and oxygen atoms in total. The van der Waals surface area contributed by atoms with Crippen molar-refractivity contribution < 1.29 is 14.3 Å². The average molecular weight is 375 g/mol. The number of ether oxygens (including phenoxy) is 1. The second-order valence-electron chi connectivity index (χ2n) is 6.79. The van der Waals surface area contributed by atoms with Crippen molar-refractivity contribution in [3.8, 4) is 22.6 Å². The molecule has 0 radical (unpaired) electrons. The van der Waals surface area contributed by atoms with E-state index in [0.29, 0.717) is 28.0 Å². The van der Waals surface area contributed by atoms with Crippen molar-refractivity contribution in [2.45, 2.75) is 6.92 Å². The van der Waals surface area contributed by atoms with Crippen molar-refractivity contribution in [2.24, 2.45) is 7.05 Å². The molecule has 0 unspecified atom stereocenters. The van der Waals surface area contributed by atoms with Crippen molar-refractivity contribution in [1.82, 2.24) is 14.8 Å². The molecule has 0 aliphatic heterocycles. The maximum Gasteiger partial charge on any atom is 0.185 e. The molecule has 2 aromatic carbocycles. The van der Waals surface area contributed by atoms with Crippen LogP contribution in [-0.2, 0) is 7.05 Å². The number of hydrogen-bond acceptors (Lipinski definition) is 5. The van der Waals surface area contributed by atoms with E-state index in [2.05, 4.69) is 5.10 Å². The Morgan fingerprint density at radius 2 is 2.00 bits per heavy atom. The molecule has 140 valence electrons. The minimum atomic E-state index is -0.0758. The first-order chi connectivity index (χ1) is 13.5. The molecule has 7 heteroatoms. The molecule has 5 aromatic rings. The van der Waals surface area contributed by atoms with Crippen LogP contribution in [0.3, 0.4) is 0 Å². The highest BCUT2D eigenvalue weighted by molar-refractivity contribution is 6.14. The van der Waals surface area contributed by atoms with Crippen molar-refractivity contribution >= 4 is 33.1 Å². The maximum atomic E-state index is 12.1. The minimum absolute atomic E-state index is 0.0344. The number of pyridine rings is 1. The van der Waals surface area contributed by atoms with E-state index in [-0.39, 0.29) is 11.2 Å². The fourth-order valence-corrected chi connectivity index (χ4v) is 3.69. The van der Waals surface area contributed by atoms with Crippen LogP contribution in [-0.4, -0.2) is 27.0 Å². The van der Waals surface area contributed by atoms with Gasteiger partial charge in [-0.15, -0.1) is 0 Å². The lowest BCUT2D eigenvalue weighted by Crippen LogP contribution is -2.01. The van der Waals surface area contributed by atoms with Crippen LogP contribution in [0, 0.1) is 6.92 Å². The summed E-state index contributed by atoms with van der Waals surface area (Å²) in [6.45, 7) is 1.75. The van der Waals surface area contributed by atoms with Gasteiger partial charge in [-0.3, -0.25) is 9.48 Å². The number of nitrogens with one attached hydrogen (secondary N) is 1. The Morgan fingerprint density at radius 3 is 2.75 bits per heavy atom. The first-order valence-corrected chi connectivity index (χ1v) is 8.77. The highest BCUT2D eigenvalue weighted by Gasteiger charge is 2.21. The normalized spacial score (nSPS) is 11.7. The zero-order valence-electron chi connectivity index (χ0n) is 15.5. The monoisotopic (exact) mass is 375 g/mol. The summed E-state index contributed by atoms with van der Waals surface area (Å²) in [5, 5.41) is 15.1. The molecule has 0 amide bonds. The molecule has 0 aliphatic rings. The topological polar surface area (TPSA) is 93.3 Å². The lowest BCUT2D eigenvalue weighted by Gasteiger charge is -2.08. The summed E-state index contributed by atoms with van der Waals surface area (Å²) in [4.78, 5) is 16.9. The number of aromatic nitrogens is 3.